The van der Waals surface area contributed by atoms with Crippen molar-refractivity contribution in [1.29, 1.82) is 0 Å². The Balaban J connectivity index is 1.34. The molecule has 5 rings (SSSR count). The molecule has 0 aliphatic carbocycles. The van der Waals surface area contributed by atoms with Crippen LogP contribution in [0.15, 0.2) is 47.4 Å². The van der Waals surface area contributed by atoms with Gasteiger partial charge in [0.05, 0.1) is 4.90 Å². The van der Waals surface area contributed by atoms with E-state index in [-0.39, 0.29) is 17.3 Å². The van der Waals surface area contributed by atoms with E-state index in [1.54, 1.807) is 22.5 Å². The van der Waals surface area contributed by atoms with Crippen LogP contribution < -0.4 is 14.2 Å². The summed E-state index contributed by atoms with van der Waals surface area (Å²) in [4.78, 5) is 0.244. The van der Waals surface area contributed by atoms with Crippen LogP contribution in [0.3, 0.4) is 0 Å². The van der Waals surface area contributed by atoms with Gasteiger partial charge >= 0.3 is 0 Å². The molecule has 0 aromatic heterocycles. The van der Waals surface area contributed by atoms with Gasteiger partial charge in [0.25, 0.3) is 0 Å². The lowest BCUT2D eigenvalue weighted by Gasteiger charge is -2.38. The summed E-state index contributed by atoms with van der Waals surface area (Å²) >= 11 is 0. The molecular formula is C19H19NO5S. The molecule has 136 valence electrons. The normalized spacial score (nSPS) is 20.8. The molecule has 1 saturated heterocycles. The first-order chi connectivity index (χ1) is 12.6. The predicted molar refractivity (Wildman–Crippen MR) is 94.1 cm³/mol. The van der Waals surface area contributed by atoms with Crippen LogP contribution in [0.4, 0.5) is 0 Å². The first kappa shape index (κ1) is 16.0. The third-order valence-electron chi connectivity index (χ3n) is 5.43. The third kappa shape index (κ3) is 2.46. The fourth-order valence-corrected chi connectivity index (χ4v) is 5.42. The Hall–Kier alpha value is -2.25. The van der Waals surface area contributed by atoms with Gasteiger partial charge in [-0.25, -0.2) is 8.42 Å². The van der Waals surface area contributed by atoms with Crippen LogP contribution >= 0.6 is 0 Å². The molecule has 3 aliphatic rings. The Morgan fingerprint density at radius 3 is 2.50 bits per heavy atom. The topological polar surface area (TPSA) is 65.1 Å². The van der Waals surface area contributed by atoms with Crippen molar-refractivity contribution in [2.75, 3.05) is 19.9 Å². The summed E-state index contributed by atoms with van der Waals surface area (Å²) in [7, 11) is -3.56. The summed E-state index contributed by atoms with van der Waals surface area (Å²) in [5.41, 5.74) is 0.935. The Morgan fingerprint density at radius 2 is 1.69 bits per heavy atom. The zero-order valence-corrected chi connectivity index (χ0v) is 15.0. The lowest BCUT2D eigenvalue weighted by molar-refractivity contribution is 0.0407. The maximum Gasteiger partial charge on any atom is 0.243 e. The van der Waals surface area contributed by atoms with Gasteiger partial charge < -0.3 is 14.2 Å². The number of benzene rings is 2. The van der Waals surface area contributed by atoms with E-state index in [4.69, 9.17) is 14.2 Å². The number of ether oxygens (including phenoxy) is 3. The van der Waals surface area contributed by atoms with Crippen molar-refractivity contribution in [3.05, 3.63) is 48.0 Å². The molecule has 0 amide bonds. The minimum Gasteiger partial charge on any atom is -0.487 e. The highest BCUT2D eigenvalue weighted by atomic mass is 32.2. The van der Waals surface area contributed by atoms with Crippen molar-refractivity contribution in [2.24, 2.45) is 0 Å². The Bertz CT molecular complexity index is 937. The van der Waals surface area contributed by atoms with Crippen LogP contribution in [0, 0.1) is 0 Å². The average molecular weight is 373 g/mol. The minimum absolute atomic E-state index is 0.128. The minimum atomic E-state index is -3.56. The number of hydrogen-bond donors (Lipinski definition) is 0. The van der Waals surface area contributed by atoms with E-state index in [2.05, 4.69) is 6.07 Å². The molecule has 1 spiro atoms. The van der Waals surface area contributed by atoms with E-state index in [0.717, 1.165) is 12.2 Å². The van der Waals surface area contributed by atoms with Crippen LogP contribution in [0.1, 0.15) is 18.4 Å². The molecule has 6 nitrogen and oxygen atoms in total. The first-order valence-corrected chi connectivity index (χ1v) is 10.2. The molecule has 2 aromatic carbocycles. The summed E-state index contributed by atoms with van der Waals surface area (Å²) in [5.74, 6) is 1.99. The fraction of sp³-hybridized carbons (Fsp3) is 0.368. The van der Waals surface area contributed by atoms with Gasteiger partial charge in [0.1, 0.15) is 11.4 Å². The highest BCUT2D eigenvalue weighted by Crippen LogP contribution is 2.42. The van der Waals surface area contributed by atoms with Crippen LogP contribution in [0.25, 0.3) is 0 Å². The van der Waals surface area contributed by atoms with Crippen LogP contribution in [-0.4, -0.2) is 38.2 Å². The number of nitrogens with zero attached hydrogens (tertiary/aromatic N) is 1. The van der Waals surface area contributed by atoms with Gasteiger partial charge in [-0.05, 0) is 23.8 Å². The smallest absolute Gasteiger partial charge is 0.243 e. The Labute approximate surface area is 152 Å². The van der Waals surface area contributed by atoms with E-state index in [9.17, 15) is 8.42 Å². The molecule has 26 heavy (non-hydrogen) atoms. The molecule has 3 aliphatic heterocycles. The zero-order valence-electron chi connectivity index (χ0n) is 14.2. The standard InChI is InChI=1S/C19H19NO5S/c21-26(22,15-5-6-17-18(11-15)24-13-23-17)20-9-7-19(8-10-20)12-14-3-1-2-4-16(14)25-19/h1-6,11H,7-10,12-13H2. The number of fused-ring (bicyclic) bond motifs is 2. The molecule has 0 bridgehead atoms. The quantitative estimate of drug-likeness (QED) is 0.810. The molecular weight excluding hydrogens is 354 g/mol. The molecule has 0 unspecified atom stereocenters. The molecule has 0 radical (unpaired) electrons. The Kier molecular flexibility index (Phi) is 3.45. The largest absolute Gasteiger partial charge is 0.487 e. The van der Waals surface area contributed by atoms with Gasteiger partial charge in [-0.1, -0.05) is 18.2 Å². The SMILES string of the molecule is O=S(=O)(c1ccc2c(c1)OCO2)N1CCC2(CC1)Cc1ccccc1O2. The van der Waals surface area contributed by atoms with Crippen molar-refractivity contribution in [2.45, 2.75) is 29.8 Å². The van der Waals surface area contributed by atoms with Crippen LogP contribution in [-0.2, 0) is 16.4 Å². The number of hydrogen-bond acceptors (Lipinski definition) is 5. The highest BCUT2D eigenvalue weighted by Gasteiger charge is 2.44. The van der Waals surface area contributed by atoms with E-state index >= 15 is 0 Å². The van der Waals surface area contributed by atoms with Crippen molar-refractivity contribution < 1.29 is 22.6 Å². The van der Waals surface area contributed by atoms with Gasteiger partial charge in [0.2, 0.25) is 16.8 Å². The van der Waals surface area contributed by atoms with E-state index in [1.807, 2.05) is 18.2 Å². The second-order valence-corrected chi connectivity index (χ2v) is 8.93. The molecule has 0 atom stereocenters. The van der Waals surface area contributed by atoms with Gasteiger partial charge in [-0.15, -0.1) is 0 Å². The highest BCUT2D eigenvalue weighted by molar-refractivity contribution is 7.89. The zero-order chi connectivity index (χ0) is 17.8. The number of para-hydroxylation sites is 1. The molecule has 0 N–H and O–H groups in total. The monoisotopic (exact) mass is 373 g/mol. The first-order valence-electron chi connectivity index (χ1n) is 8.73. The number of sulfonamides is 1. The summed E-state index contributed by atoms with van der Waals surface area (Å²) in [6.07, 6.45) is 2.22. The van der Waals surface area contributed by atoms with E-state index in [0.29, 0.717) is 37.4 Å². The molecule has 2 aromatic rings. The fourth-order valence-electron chi connectivity index (χ4n) is 3.97. The summed E-state index contributed by atoms with van der Waals surface area (Å²) in [6, 6.07) is 12.8. The molecule has 7 heteroatoms. The summed E-state index contributed by atoms with van der Waals surface area (Å²) in [6.45, 7) is 1.03. The lowest BCUT2D eigenvalue weighted by Crippen LogP contribution is -2.49. The van der Waals surface area contributed by atoms with Crippen LogP contribution in [0.2, 0.25) is 0 Å². The summed E-state index contributed by atoms with van der Waals surface area (Å²) in [5, 5.41) is 0. The predicted octanol–water partition coefficient (Wildman–Crippen LogP) is 2.57. The second-order valence-electron chi connectivity index (χ2n) is 6.99. The maximum absolute atomic E-state index is 13.0. The van der Waals surface area contributed by atoms with E-state index < -0.39 is 10.0 Å². The lowest BCUT2D eigenvalue weighted by atomic mass is 9.88. The van der Waals surface area contributed by atoms with Crippen LogP contribution in [0.5, 0.6) is 17.2 Å². The van der Waals surface area contributed by atoms with Crippen molar-refractivity contribution in [1.82, 2.24) is 4.31 Å². The number of piperidine rings is 1. The molecule has 3 heterocycles. The maximum atomic E-state index is 13.0. The average Bonchev–Trinajstić information content (AvgIpc) is 3.25. The molecule has 0 saturated carbocycles. The van der Waals surface area contributed by atoms with Gasteiger partial charge in [-0.2, -0.15) is 4.31 Å². The van der Waals surface area contributed by atoms with Crippen molar-refractivity contribution in [3.63, 3.8) is 0 Å². The van der Waals surface area contributed by atoms with Crippen molar-refractivity contribution >= 4 is 10.0 Å². The number of rotatable bonds is 2. The van der Waals surface area contributed by atoms with Gasteiger partial charge in [0.15, 0.2) is 11.5 Å². The van der Waals surface area contributed by atoms with Gasteiger partial charge in [-0.3, -0.25) is 0 Å². The molecule has 1 fully saturated rings. The Morgan fingerprint density at radius 1 is 0.923 bits per heavy atom. The van der Waals surface area contributed by atoms with Gasteiger partial charge in [0, 0.05) is 38.4 Å². The second kappa shape index (κ2) is 5.62. The third-order valence-corrected chi connectivity index (χ3v) is 7.32. The summed E-state index contributed by atoms with van der Waals surface area (Å²) < 4.78 is 44.3. The van der Waals surface area contributed by atoms with E-state index in [1.165, 1.54) is 5.56 Å². The van der Waals surface area contributed by atoms with Crippen molar-refractivity contribution in [3.8, 4) is 17.2 Å².